The summed E-state index contributed by atoms with van der Waals surface area (Å²) in [6.07, 6.45) is 0. The van der Waals surface area contributed by atoms with E-state index < -0.39 is 7.27 Å². The summed E-state index contributed by atoms with van der Waals surface area (Å²) in [5.41, 5.74) is 2.71. The molecule has 0 aromatic heterocycles. The molecule has 2 heteroatoms. The summed E-state index contributed by atoms with van der Waals surface area (Å²) in [6, 6.07) is 17.4. The van der Waals surface area contributed by atoms with Crippen LogP contribution in [0.3, 0.4) is 0 Å². The van der Waals surface area contributed by atoms with E-state index in [4.69, 9.17) is 11.2 Å². The van der Waals surface area contributed by atoms with Gasteiger partial charge >= 0.3 is 0 Å². The van der Waals surface area contributed by atoms with E-state index in [2.05, 4.69) is 76.2 Å². The minimum atomic E-state index is -0.781. The monoisotopic (exact) mass is 304 g/mol. The van der Waals surface area contributed by atoms with E-state index in [1.54, 1.807) is 0 Å². The predicted molar refractivity (Wildman–Crippen MR) is 93.1 cm³/mol. The van der Waals surface area contributed by atoms with Gasteiger partial charge in [0.2, 0.25) is 0 Å². The first-order valence-corrected chi connectivity index (χ1v) is 9.39. The van der Waals surface area contributed by atoms with Gasteiger partial charge in [-0.15, -0.1) is 0 Å². The molecule has 2 rings (SSSR count). The summed E-state index contributed by atoms with van der Waals surface area (Å²) in [6.45, 7) is 8.87. The largest absolute Gasteiger partial charge is 0.0859 e. The Morgan fingerprint density at radius 1 is 0.750 bits per heavy atom. The van der Waals surface area contributed by atoms with E-state index >= 15 is 0 Å². The predicted octanol–water partition coefficient (Wildman–Crippen LogP) is 5.52. The highest BCUT2D eigenvalue weighted by Gasteiger charge is 2.13. The van der Waals surface area contributed by atoms with Crippen LogP contribution >= 0.6 is 18.5 Å². The first-order chi connectivity index (χ1) is 9.49. The van der Waals surface area contributed by atoms with Gasteiger partial charge in [0.1, 0.15) is 0 Å². The third-order valence-electron chi connectivity index (χ3n) is 3.53. The summed E-state index contributed by atoms with van der Waals surface area (Å²) >= 11 is 6.75. The minimum Gasteiger partial charge on any atom is -0.0859 e. The third kappa shape index (κ3) is 3.62. The molecule has 20 heavy (non-hydrogen) atoms. The van der Waals surface area contributed by atoms with Crippen LogP contribution in [-0.4, -0.2) is 0 Å². The molecule has 0 saturated carbocycles. The van der Waals surface area contributed by atoms with Crippen molar-refractivity contribution >= 4 is 29.1 Å². The molecule has 0 N–H and O–H groups in total. The molecular formula is C18H22ClP. The van der Waals surface area contributed by atoms with Gasteiger partial charge in [0.25, 0.3) is 0 Å². The van der Waals surface area contributed by atoms with Gasteiger partial charge in [-0.3, -0.25) is 0 Å². The number of hydrogen-bond acceptors (Lipinski definition) is 0. The molecule has 0 nitrogen and oxygen atoms in total. The van der Waals surface area contributed by atoms with E-state index in [0.29, 0.717) is 11.8 Å². The molecule has 0 heterocycles. The highest BCUT2D eigenvalue weighted by molar-refractivity contribution is 7.95. The lowest BCUT2D eigenvalue weighted by molar-refractivity contribution is 0.868. The van der Waals surface area contributed by atoms with Crippen molar-refractivity contribution in [3.63, 3.8) is 0 Å². The standard InChI is InChI=1S/C18H22ClP/c1-13(2)15-7-5-9-17(11-15)20(19)18-10-6-8-16(12-18)14(3)4/h5-14H,1-4H3. The molecule has 0 aliphatic rings. The van der Waals surface area contributed by atoms with Crippen molar-refractivity contribution in [1.82, 2.24) is 0 Å². The minimum absolute atomic E-state index is 0.539. The lowest BCUT2D eigenvalue weighted by Gasteiger charge is -2.15. The number of rotatable bonds is 4. The van der Waals surface area contributed by atoms with Crippen LogP contribution in [0.5, 0.6) is 0 Å². The molecule has 0 bridgehead atoms. The Hall–Kier alpha value is -0.840. The van der Waals surface area contributed by atoms with Crippen LogP contribution in [0.1, 0.15) is 50.7 Å². The van der Waals surface area contributed by atoms with E-state index in [0.717, 1.165) is 0 Å². The van der Waals surface area contributed by atoms with Crippen molar-refractivity contribution < 1.29 is 0 Å². The summed E-state index contributed by atoms with van der Waals surface area (Å²) in [7, 11) is -0.781. The molecular weight excluding hydrogens is 283 g/mol. The zero-order valence-electron chi connectivity index (χ0n) is 12.6. The molecule has 0 atom stereocenters. The van der Waals surface area contributed by atoms with Crippen LogP contribution in [0, 0.1) is 0 Å². The molecule has 0 aliphatic carbocycles. The Morgan fingerprint density at radius 3 is 1.50 bits per heavy atom. The zero-order chi connectivity index (χ0) is 14.7. The van der Waals surface area contributed by atoms with Crippen LogP contribution < -0.4 is 10.6 Å². The van der Waals surface area contributed by atoms with Gasteiger partial charge in [0.15, 0.2) is 0 Å². The van der Waals surface area contributed by atoms with Gasteiger partial charge < -0.3 is 0 Å². The first-order valence-electron chi connectivity index (χ1n) is 7.15. The molecule has 0 amide bonds. The fourth-order valence-electron chi connectivity index (χ4n) is 2.16. The number of halogens is 1. The summed E-state index contributed by atoms with van der Waals surface area (Å²) in [5.74, 6) is 1.08. The molecule has 106 valence electrons. The number of hydrogen-bond donors (Lipinski definition) is 0. The van der Waals surface area contributed by atoms with Crippen LogP contribution in [-0.2, 0) is 0 Å². The van der Waals surface area contributed by atoms with Gasteiger partial charge in [-0.2, -0.15) is 0 Å². The van der Waals surface area contributed by atoms with Crippen molar-refractivity contribution in [2.24, 2.45) is 0 Å². The second kappa shape index (κ2) is 6.74. The van der Waals surface area contributed by atoms with Gasteiger partial charge in [0.05, 0.1) is 7.27 Å². The van der Waals surface area contributed by atoms with Crippen LogP contribution in [0.15, 0.2) is 48.5 Å². The molecule has 2 aromatic carbocycles. The van der Waals surface area contributed by atoms with Crippen LogP contribution in [0.25, 0.3) is 0 Å². The van der Waals surface area contributed by atoms with Crippen molar-refractivity contribution in [1.29, 1.82) is 0 Å². The van der Waals surface area contributed by atoms with Crippen molar-refractivity contribution in [3.8, 4) is 0 Å². The molecule has 0 fully saturated rings. The van der Waals surface area contributed by atoms with Crippen molar-refractivity contribution in [3.05, 3.63) is 59.7 Å². The Kier molecular flexibility index (Phi) is 5.24. The van der Waals surface area contributed by atoms with Gasteiger partial charge in [0, 0.05) is 0 Å². The van der Waals surface area contributed by atoms with E-state index in [1.165, 1.54) is 21.7 Å². The van der Waals surface area contributed by atoms with Gasteiger partial charge in [-0.1, -0.05) is 75.3 Å². The summed E-state index contributed by atoms with van der Waals surface area (Å²) < 4.78 is 0. The third-order valence-corrected chi connectivity index (χ3v) is 6.16. The van der Waals surface area contributed by atoms with E-state index in [-0.39, 0.29) is 0 Å². The topological polar surface area (TPSA) is 0 Å². The van der Waals surface area contributed by atoms with Crippen LogP contribution in [0.2, 0.25) is 0 Å². The molecule has 0 spiro atoms. The highest BCUT2D eigenvalue weighted by atomic mass is 35.7. The highest BCUT2D eigenvalue weighted by Crippen LogP contribution is 2.39. The van der Waals surface area contributed by atoms with Crippen molar-refractivity contribution in [2.75, 3.05) is 0 Å². The Bertz CT molecular complexity index is 524. The van der Waals surface area contributed by atoms with Crippen LogP contribution in [0.4, 0.5) is 0 Å². The average Bonchev–Trinajstić information content (AvgIpc) is 2.46. The maximum absolute atomic E-state index is 6.75. The van der Waals surface area contributed by atoms with E-state index in [9.17, 15) is 0 Å². The second-order valence-corrected chi connectivity index (χ2v) is 8.39. The Balaban J connectivity index is 2.33. The smallest absolute Gasteiger partial charge is 0.0524 e. The molecule has 0 saturated heterocycles. The molecule has 0 radical (unpaired) electrons. The lowest BCUT2D eigenvalue weighted by atomic mass is 10.0. The molecule has 0 aliphatic heterocycles. The summed E-state index contributed by atoms with van der Waals surface area (Å²) in [4.78, 5) is 0. The van der Waals surface area contributed by atoms with Crippen molar-refractivity contribution in [2.45, 2.75) is 39.5 Å². The zero-order valence-corrected chi connectivity index (χ0v) is 14.2. The SMILES string of the molecule is CC(C)c1cccc(P(Cl)c2cccc(C(C)C)c2)c1. The molecule has 0 unspecified atom stereocenters. The quantitative estimate of drug-likeness (QED) is 0.652. The fourth-order valence-corrected chi connectivity index (χ4v) is 4.05. The van der Waals surface area contributed by atoms with Gasteiger partial charge in [-0.25, -0.2) is 0 Å². The molecule has 2 aromatic rings. The Morgan fingerprint density at radius 2 is 1.15 bits per heavy atom. The number of benzene rings is 2. The average molecular weight is 305 g/mol. The van der Waals surface area contributed by atoms with Gasteiger partial charge in [-0.05, 0) is 45.7 Å². The second-order valence-electron chi connectivity index (χ2n) is 5.78. The first kappa shape index (κ1) is 15.5. The fraction of sp³-hybridized carbons (Fsp3) is 0.333. The maximum Gasteiger partial charge on any atom is 0.0524 e. The normalized spacial score (nSPS) is 11.6. The van der Waals surface area contributed by atoms with E-state index in [1.807, 2.05) is 0 Å². The Labute approximate surface area is 128 Å². The summed E-state index contributed by atoms with van der Waals surface area (Å²) in [5, 5.41) is 2.49. The maximum atomic E-state index is 6.75. The lowest BCUT2D eigenvalue weighted by Crippen LogP contribution is -2.10.